The number of anilines is 2. The van der Waals surface area contributed by atoms with E-state index < -0.39 is 24.4 Å². The van der Waals surface area contributed by atoms with Crippen molar-refractivity contribution in [2.24, 2.45) is 0 Å². The van der Waals surface area contributed by atoms with Gasteiger partial charge in [-0.25, -0.2) is 28.7 Å². The molecule has 1 aliphatic rings. The Balaban J connectivity index is 1.43. The molecule has 4 heterocycles. The van der Waals surface area contributed by atoms with Crippen molar-refractivity contribution in [2.45, 2.75) is 46.0 Å². The molecule has 0 radical (unpaired) electrons. The number of hydrogen-bond donors (Lipinski definition) is 1. The van der Waals surface area contributed by atoms with Gasteiger partial charge in [-0.15, -0.1) is 0 Å². The van der Waals surface area contributed by atoms with Crippen molar-refractivity contribution in [2.75, 3.05) is 18.4 Å². The molecule has 1 N–H and O–H groups in total. The van der Waals surface area contributed by atoms with Gasteiger partial charge < -0.3 is 9.88 Å². The van der Waals surface area contributed by atoms with Gasteiger partial charge in [-0.2, -0.15) is 13.2 Å². The van der Waals surface area contributed by atoms with Crippen LogP contribution in [-0.2, 0) is 13.0 Å². The van der Waals surface area contributed by atoms with Gasteiger partial charge in [0.25, 0.3) is 0 Å². The normalized spacial score (nSPS) is 14.4. The van der Waals surface area contributed by atoms with E-state index in [0.29, 0.717) is 34.8 Å². The fraction of sp³-hybridized carbons (Fsp3) is 0.360. The van der Waals surface area contributed by atoms with Crippen LogP contribution in [0.3, 0.4) is 0 Å². The second-order valence-electron chi connectivity index (χ2n) is 9.34. The molecule has 1 aromatic carbocycles. The van der Waals surface area contributed by atoms with Crippen molar-refractivity contribution in [3.8, 4) is 11.3 Å². The zero-order valence-corrected chi connectivity index (χ0v) is 20.4. The third-order valence-corrected chi connectivity index (χ3v) is 6.23. The zero-order valence-electron chi connectivity index (χ0n) is 20.4. The van der Waals surface area contributed by atoms with Gasteiger partial charge in [0.2, 0.25) is 5.95 Å². The highest BCUT2D eigenvalue weighted by atomic mass is 19.4. The topological polar surface area (TPSA) is 71.8 Å². The van der Waals surface area contributed by atoms with Crippen molar-refractivity contribution in [1.82, 2.24) is 29.4 Å². The third kappa shape index (κ3) is 5.10. The summed E-state index contributed by atoms with van der Waals surface area (Å²) in [6.45, 7) is 5.10. The monoisotopic (exact) mass is 517 g/mol. The number of aromatic nitrogens is 5. The molecule has 0 saturated heterocycles. The molecule has 0 fully saturated rings. The first-order chi connectivity index (χ1) is 17.5. The van der Waals surface area contributed by atoms with Gasteiger partial charge >= 0.3 is 6.18 Å². The van der Waals surface area contributed by atoms with Gasteiger partial charge in [0.15, 0.2) is 11.6 Å². The first kappa shape index (κ1) is 25.0. The zero-order chi connectivity index (χ0) is 26.5. The van der Waals surface area contributed by atoms with Crippen LogP contribution in [0.15, 0.2) is 30.5 Å². The number of alkyl halides is 3. The lowest BCUT2D eigenvalue weighted by Gasteiger charge is -2.28. The van der Waals surface area contributed by atoms with Crippen LogP contribution in [0.5, 0.6) is 0 Å². The maximum Gasteiger partial charge on any atom is 0.401 e. The van der Waals surface area contributed by atoms with Gasteiger partial charge in [0.1, 0.15) is 22.9 Å². The molecule has 194 valence electrons. The van der Waals surface area contributed by atoms with Crippen molar-refractivity contribution in [3.05, 3.63) is 59.2 Å². The lowest BCUT2D eigenvalue weighted by Crippen LogP contribution is -2.38. The average molecular weight is 518 g/mol. The van der Waals surface area contributed by atoms with Crippen LogP contribution in [0.4, 0.5) is 33.7 Å². The molecule has 4 aromatic rings. The van der Waals surface area contributed by atoms with Crippen molar-refractivity contribution < 1.29 is 22.0 Å². The maximum atomic E-state index is 14.9. The number of rotatable bonds is 5. The first-order valence-corrected chi connectivity index (χ1v) is 11.7. The molecule has 0 bridgehead atoms. The Morgan fingerprint density at radius 2 is 1.84 bits per heavy atom. The highest BCUT2D eigenvalue weighted by Crippen LogP contribution is 2.31. The van der Waals surface area contributed by atoms with Crippen LogP contribution in [0.25, 0.3) is 22.3 Å². The summed E-state index contributed by atoms with van der Waals surface area (Å²) in [5, 5.41) is 2.92. The van der Waals surface area contributed by atoms with E-state index in [4.69, 9.17) is 0 Å². The Kier molecular flexibility index (Phi) is 6.30. The molecule has 0 aliphatic carbocycles. The summed E-state index contributed by atoms with van der Waals surface area (Å²) in [5.41, 5.74) is 2.27. The fourth-order valence-corrected chi connectivity index (χ4v) is 4.73. The van der Waals surface area contributed by atoms with Crippen LogP contribution in [0.2, 0.25) is 0 Å². The highest BCUT2D eigenvalue weighted by Gasteiger charge is 2.32. The highest BCUT2D eigenvalue weighted by molar-refractivity contribution is 5.83. The molecular weight excluding hydrogens is 493 g/mol. The smallest absolute Gasteiger partial charge is 0.326 e. The lowest BCUT2D eigenvalue weighted by molar-refractivity contribution is -0.147. The molecule has 0 unspecified atom stereocenters. The van der Waals surface area contributed by atoms with Crippen LogP contribution in [-0.4, -0.2) is 48.7 Å². The standard InChI is InChI=1S/C25H24F5N7/c1-13(2)37-14(3)32-23-17(26)8-16(9-20(23)37)22-18(27)10-31-24(35-22)34-21-5-4-15-11-36(12-25(28,29)30)7-6-19(15)33-21/h4-5,8-10,13H,6-7,11-12H2,1-3H3,(H,31,33,34,35). The summed E-state index contributed by atoms with van der Waals surface area (Å²) in [7, 11) is 0. The van der Waals surface area contributed by atoms with E-state index in [1.807, 2.05) is 18.4 Å². The number of nitrogens with zero attached hydrogens (tertiary/aromatic N) is 6. The Morgan fingerprint density at radius 3 is 2.57 bits per heavy atom. The van der Waals surface area contributed by atoms with Gasteiger partial charge in [0.05, 0.1) is 18.3 Å². The Morgan fingerprint density at radius 1 is 1.05 bits per heavy atom. The third-order valence-electron chi connectivity index (χ3n) is 6.23. The van der Waals surface area contributed by atoms with Crippen molar-refractivity contribution in [1.29, 1.82) is 0 Å². The Bertz CT molecular complexity index is 1480. The summed E-state index contributed by atoms with van der Waals surface area (Å²) in [4.78, 5) is 18.4. The summed E-state index contributed by atoms with van der Waals surface area (Å²) in [6, 6.07) is 6.17. The number of halogens is 5. The summed E-state index contributed by atoms with van der Waals surface area (Å²) in [6.07, 6.45) is -2.91. The maximum absolute atomic E-state index is 14.9. The molecular formula is C25H24F5N7. The Hall–Kier alpha value is -3.67. The minimum Gasteiger partial charge on any atom is -0.326 e. The predicted molar refractivity (Wildman–Crippen MR) is 128 cm³/mol. The van der Waals surface area contributed by atoms with E-state index in [1.165, 1.54) is 11.0 Å². The lowest BCUT2D eigenvalue weighted by atomic mass is 10.1. The second-order valence-corrected chi connectivity index (χ2v) is 9.34. The largest absolute Gasteiger partial charge is 0.401 e. The number of fused-ring (bicyclic) bond motifs is 2. The van der Waals surface area contributed by atoms with E-state index >= 15 is 0 Å². The molecule has 0 amide bonds. The van der Waals surface area contributed by atoms with Crippen LogP contribution >= 0.6 is 0 Å². The molecule has 37 heavy (non-hydrogen) atoms. The van der Waals surface area contributed by atoms with E-state index in [0.717, 1.165) is 6.20 Å². The van der Waals surface area contributed by atoms with Crippen LogP contribution < -0.4 is 5.32 Å². The SMILES string of the molecule is Cc1nc2c(F)cc(-c3nc(Nc4ccc5c(n4)CCN(CC(F)(F)F)C5)ncc3F)cc2n1C(C)C. The van der Waals surface area contributed by atoms with Gasteiger partial charge in [-0.05, 0) is 44.5 Å². The molecule has 12 heteroatoms. The van der Waals surface area contributed by atoms with E-state index in [1.54, 1.807) is 25.1 Å². The minimum atomic E-state index is -4.26. The van der Waals surface area contributed by atoms with Crippen molar-refractivity contribution >= 4 is 22.8 Å². The van der Waals surface area contributed by atoms with Gasteiger partial charge in [-0.3, -0.25) is 4.90 Å². The van der Waals surface area contributed by atoms with E-state index in [-0.39, 0.29) is 41.9 Å². The minimum absolute atomic E-state index is 0.0164. The van der Waals surface area contributed by atoms with Crippen LogP contribution in [0, 0.1) is 18.6 Å². The molecule has 7 nitrogen and oxygen atoms in total. The summed E-state index contributed by atoms with van der Waals surface area (Å²) < 4.78 is 69.7. The summed E-state index contributed by atoms with van der Waals surface area (Å²) in [5.74, 6) is -0.243. The number of nitrogens with one attached hydrogen (secondary N) is 1. The molecule has 3 aromatic heterocycles. The van der Waals surface area contributed by atoms with E-state index in [2.05, 4.69) is 25.3 Å². The average Bonchev–Trinajstić information content (AvgIpc) is 3.16. The predicted octanol–water partition coefficient (Wildman–Crippen LogP) is 5.72. The number of pyridine rings is 1. The van der Waals surface area contributed by atoms with E-state index in [9.17, 15) is 22.0 Å². The Labute approximate surface area is 209 Å². The first-order valence-electron chi connectivity index (χ1n) is 11.7. The fourth-order valence-electron chi connectivity index (χ4n) is 4.73. The van der Waals surface area contributed by atoms with Crippen molar-refractivity contribution in [3.63, 3.8) is 0 Å². The van der Waals surface area contributed by atoms with Gasteiger partial charge in [-0.1, -0.05) is 6.07 Å². The number of benzene rings is 1. The number of hydrogen-bond acceptors (Lipinski definition) is 6. The van der Waals surface area contributed by atoms with Gasteiger partial charge in [0, 0.05) is 36.8 Å². The molecule has 0 atom stereocenters. The van der Waals surface area contributed by atoms with Crippen LogP contribution in [0.1, 0.15) is 37.0 Å². The second kappa shape index (κ2) is 9.33. The molecule has 0 saturated carbocycles. The molecule has 1 aliphatic heterocycles. The number of aryl methyl sites for hydroxylation is 1. The summed E-state index contributed by atoms with van der Waals surface area (Å²) >= 11 is 0. The molecule has 5 rings (SSSR count). The quantitative estimate of drug-likeness (QED) is 0.342. The molecule has 0 spiro atoms. The number of imidazole rings is 1.